The lowest BCUT2D eigenvalue weighted by molar-refractivity contribution is -0.121. The number of carbonyl (C=O) groups is 2. The number of hydrogen-bond acceptors (Lipinski definition) is 4. The van der Waals surface area contributed by atoms with E-state index in [1.807, 2.05) is 24.3 Å². The molecule has 2 amide bonds. The number of phenols is 1. The van der Waals surface area contributed by atoms with E-state index in [9.17, 15) is 14.7 Å². The van der Waals surface area contributed by atoms with E-state index in [1.165, 1.54) is 0 Å². The van der Waals surface area contributed by atoms with Gasteiger partial charge in [-0.2, -0.15) is 0 Å². The highest BCUT2D eigenvalue weighted by Crippen LogP contribution is 2.25. The van der Waals surface area contributed by atoms with E-state index >= 15 is 0 Å². The van der Waals surface area contributed by atoms with Crippen LogP contribution in [0.25, 0.3) is 0 Å². The van der Waals surface area contributed by atoms with Gasteiger partial charge >= 0.3 is 0 Å². The van der Waals surface area contributed by atoms with Gasteiger partial charge in [-0.25, -0.2) is 0 Å². The summed E-state index contributed by atoms with van der Waals surface area (Å²) in [6.45, 7) is 1.67. The Balaban J connectivity index is 1.46. The van der Waals surface area contributed by atoms with E-state index in [2.05, 4.69) is 31.5 Å². The molecule has 6 nitrogen and oxygen atoms in total. The van der Waals surface area contributed by atoms with Crippen molar-refractivity contribution in [1.29, 1.82) is 0 Å². The smallest absolute Gasteiger partial charge is 0.238 e. The van der Waals surface area contributed by atoms with Crippen LogP contribution in [0.2, 0.25) is 0 Å². The van der Waals surface area contributed by atoms with Crippen molar-refractivity contribution in [2.75, 3.05) is 30.3 Å². The standard InChI is InChI=1S/C20H22BrN3O3/c21-15-5-1-2-6-16(15)22-19(26)13-24-11-9-14(10-12-24)20(27)23-17-7-3-4-8-18(17)25/h1-8,14,25H,9-13H2,(H,22,26)(H,23,27). The number of phenolic OH excluding ortho intramolecular Hbond substituents is 1. The Labute approximate surface area is 166 Å². The number of para-hydroxylation sites is 3. The fraction of sp³-hybridized carbons (Fsp3) is 0.300. The van der Waals surface area contributed by atoms with Crippen LogP contribution in [0, 0.1) is 5.92 Å². The first kappa shape index (κ1) is 19.4. The summed E-state index contributed by atoms with van der Waals surface area (Å²) in [5.74, 6) is -0.216. The summed E-state index contributed by atoms with van der Waals surface area (Å²) in [6.07, 6.45) is 1.36. The monoisotopic (exact) mass is 431 g/mol. The summed E-state index contributed by atoms with van der Waals surface area (Å²) in [5.41, 5.74) is 1.18. The molecule has 0 aliphatic carbocycles. The molecule has 0 aromatic heterocycles. The lowest BCUT2D eigenvalue weighted by Crippen LogP contribution is -2.41. The van der Waals surface area contributed by atoms with Gasteiger partial charge in [0.25, 0.3) is 0 Å². The molecule has 0 spiro atoms. The van der Waals surface area contributed by atoms with E-state index in [0.29, 0.717) is 38.2 Å². The third-order valence-electron chi connectivity index (χ3n) is 4.64. The number of halogens is 1. The third kappa shape index (κ3) is 5.30. The highest BCUT2D eigenvalue weighted by Gasteiger charge is 2.26. The van der Waals surface area contributed by atoms with Gasteiger partial charge in [-0.1, -0.05) is 24.3 Å². The van der Waals surface area contributed by atoms with E-state index in [4.69, 9.17) is 0 Å². The largest absolute Gasteiger partial charge is 0.506 e. The van der Waals surface area contributed by atoms with Gasteiger partial charge in [0.15, 0.2) is 0 Å². The van der Waals surface area contributed by atoms with Gasteiger partial charge in [0.2, 0.25) is 11.8 Å². The number of nitrogens with one attached hydrogen (secondary N) is 2. The van der Waals surface area contributed by atoms with Crippen LogP contribution in [0.15, 0.2) is 53.0 Å². The van der Waals surface area contributed by atoms with E-state index < -0.39 is 0 Å². The maximum atomic E-state index is 12.4. The quantitative estimate of drug-likeness (QED) is 0.633. The van der Waals surface area contributed by atoms with Crippen LogP contribution in [-0.2, 0) is 9.59 Å². The summed E-state index contributed by atoms with van der Waals surface area (Å²) < 4.78 is 0.845. The molecular formula is C20H22BrN3O3. The molecule has 1 aliphatic rings. The number of carbonyl (C=O) groups excluding carboxylic acids is 2. The number of rotatable bonds is 5. The predicted molar refractivity (Wildman–Crippen MR) is 109 cm³/mol. The molecule has 0 radical (unpaired) electrons. The zero-order valence-corrected chi connectivity index (χ0v) is 16.4. The molecule has 2 aromatic rings. The van der Waals surface area contributed by atoms with Crippen molar-refractivity contribution in [2.24, 2.45) is 5.92 Å². The Morgan fingerprint density at radius 2 is 1.63 bits per heavy atom. The summed E-state index contributed by atoms with van der Waals surface area (Å²) >= 11 is 3.42. The van der Waals surface area contributed by atoms with Crippen LogP contribution >= 0.6 is 15.9 Å². The molecule has 142 valence electrons. The molecule has 0 unspecified atom stereocenters. The molecule has 1 aliphatic heterocycles. The average Bonchev–Trinajstić information content (AvgIpc) is 2.66. The van der Waals surface area contributed by atoms with Gasteiger partial charge in [0.1, 0.15) is 5.75 Å². The first-order valence-electron chi connectivity index (χ1n) is 8.88. The number of amides is 2. The van der Waals surface area contributed by atoms with Crippen LogP contribution in [-0.4, -0.2) is 41.5 Å². The molecule has 1 fully saturated rings. The Hall–Kier alpha value is -2.38. The second-order valence-corrected chi connectivity index (χ2v) is 7.44. The minimum atomic E-state index is -0.118. The maximum Gasteiger partial charge on any atom is 0.238 e. The Morgan fingerprint density at radius 3 is 2.30 bits per heavy atom. The maximum absolute atomic E-state index is 12.4. The Morgan fingerprint density at radius 1 is 1.00 bits per heavy atom. The molecule has 7 heteroatoms. The van der Waals surface area contributed by atoms with E-state index in [0.717, 1.165) is 10.2 Å². The second kappa shape index (κ2) is 9.01. The van der Waals surface area contributed by atoms with Gasteiger partial charge in [0.05, 0.1) is 17.9 Å². The van der Waals surface area contributed by atoms with Crippen LogP contribution in [0.1, 0.15) is 12.8 Å². The van der Waals surface area contributed by atoms with Gasteiger partial charge in [-0.05, 0) is 66.1 Å². The predicted octanol–water partition coefficient (Wildman–Crippen LogP) is 3.44. The molecule has 0 bridgehead atoms. The highest BCUT2D eigenvalue weighted by molar-refractivity contribution is 9.10. The van der Waals surface area contributed by atoms with Crippen molar-refractivity contribution >= 4 is 39.1 Å². The summed E-state index contributed by atoms with van der Waals surface area (Å²) in [4.78, 5) is 26.7. The van der Waals surface area contributed by atoms with Crippen LogP contribution < -0.4 is 10.6 Å². The second-order valence-electron chi connectivity index (χ2n) is 6.58. The minimum absolute atomic E-state index is 0.0621. The van der Waals surface area contributed by atoms with Gasteiger partial charge in [-0.15, -0.1) is 0 Å². The van der Waals surface area contributed by atoms with Crippen molar-refractivity contribution in [3.8, 4) is 5.75 Å². The Kier molecular flexibility index (Phi) is 6.47. The molecule has 0 saturated carbocycles. The lowest BCUT2D eigenvalue weighted by atomic mass is 9.95. The molecule has 1 saturated heterocycles. The molecule has 3 rings (SSSR count). The van der Waals surface area contributed by atoms with E-state index in [1.54, 1.807) is 24.3 Å². The van der Waals surface area contributed by atoms with Crippen LogP contribution in [0.5, 0.6) is 5.75 Å². The summed E-state index contributed by atoms with van der Waals surface area (Å²) in [5, 5.41) is 15.4. The topological polar surface area (TPSA) is 81.7 Å². The fourth-order valence-corrected chi connectivity index (χ4v) is 3.51. The van der Waals surface area contributed by atoms with Crippen LogP contribution in [0.4, 0.5) is 11.4 Å². The van der Waals surface area contributed by atoms with Crippen molar-refractivity contribution in [3.63, 3.8) is 0 Å². The SMILES string of the molecule is O=C(CN1CCC(C(=O)Nc2ccccc2O)CC1)Nc1ccccc1Br. The first-order chi connectivity index (χ1) is 13.0. The first-order valence-corrected chi connectivity index (χ1v) is 9.68. The average molecular weight is 432 g/mol. The molecular weight excluding hydrogens is 410 g/mol. The molecule has 27 heavy (non-hydrogen) atoms. The fourth-order valence-electron chi connectivity index (χ4n) is 3.12. The summed E-state index contributed by atoms with van der Waals surface area (Å²) in [7, 11) is 0. The minimum Gasteiger partial charge on any atom is -0.506 e. The number of hydrogen-bond donors (Lipinski definition) is 3. The van der Waals surface area contributed by atoms with Gasteiger partial charge < -0.3 is 15.7 Å². The molecule has 2 aromatic carbocycles. The van der Waals surface area contributed by atoms with Crippen LogP contribution in [0.3, 0.4) is 0 Å². The Bertz CT molecular complexity index is 820. The number of nitrogens with zero attached hydrogens (tertiary/aromatic N) is 1. The van der Waals surface area contributed by atoms with Gasteiger partial charge in [0, 0.05) is 10.4 Å². The normalized spacial score (nSPS) is 15.3. The number of likely N-dealkylation sites (tertiary alicyclic amines) is 1. The number of anilines is 2. The zero-order chi connectivity index (χ0) is 19.2. The number of benzene rings is 2. The summed E-state index contributed by atoms with van der Waals surface area (Å²) in [6, 6.07) is 14.2. The number of aromatic hydroxyl groups is 1. The molecule has 0 atom stereocenters. The highest BCUT2D eigenvalue weighted by atomic mass is 79.9. The van der Waals surface area contributed by atoms with E-state index in [-0.39, 0.29) is 23.5 Å². The zero-order valence-electron chi connectivity index (χ0n) is 14.8. The van der Waals surface area contributed by atoms with Crippen molar-refractivity contribution in [3.05, 3.63) is 53.0 Å². The molecule has 1 heterocycles. The number of piperidine rings is 1. The van der Waals surface area contributed by atoms with Crippen molar-refractivity contribution < 1.29 is 14.7 Å². The molecule has 3 N–H and O–H groups in total. The van der Waals surface area contributed by atoms with Gasteiger partial charge in [-0.3, -0.25) is 14.5 Å². The van der Waals surface area contributed by atoms with Crippen molar-refractivity contribution in [1.82, 2.24) is 4.90 Å². The lowest BCUT2D eigenvalue weighted by Gasteiger charge is -2.30. The van der Waals surface area contributed by atoms with Crippen molar-refractivity contribution in [2.45, 2.75) is 12.8 Å². The third-order valence-corrected chi connectivity index (χ3v) is 5.33.